The highest BCUT2D eigenvalue weighted by Crippen LogP contribution is 2.28. The van der Waals surface area contributed by atoms with Gasteiger partial charge in [-0.15, -0.1) is 11.3 Å². The molecule has 5 nitrogen and oxygen atoms in total. The van der Waals surface area contributed by atoms with Crippen molar-refractivity contribution in [2.24, 2.45) is 5.41 Å². The molecule has 2 N–H and O–H groups in total. The summed E-state index contributed by atoms with van der Waals surface area (Å²) in [6.45, 7) is 8.11. The lowest BCUT2D eigenvalue weighted by Gasteiger charge is -2.33. The van der Waals surface area contributed by atoms with Gasteiger partial charge < -0.3 is 5.32 Å². The molecule has 108 valence electrons. The Morgan fingerprint density at radius 1 is 1.37 bits per heavy atom. The molecule has 19 heavy (non-hydrogen) atoms. The van der Waals surface area contributed by atoms with Crippen molar-refractivity contribution < 1.29 is 8.42 Å². The number of aromatic nitrogens is 1. The average molecular weight is 303 g/mol. The maximum absolute atomic E-state index is 12.3. The normalized spacial score (nSPS) is 19.5. The Hall–Kier alpha value is -0.500. The van der Waals surface area contributed by atoms with Gasteiger partial charge in [0.25, 0.3) is 10.0 Å². The van der Waals surface area contributed by atoms with Crippen LogP contribution in [0.25, 0.3) is 0 Å². The minimum absolute atomic E-state index is 0.0476. The van der Waals surface area contributed by atoms with Crippen molar-refractivity contribution in [2.45, 2.75) is 37.8 Å². The van der Waals surface area contributed by atoms with Gasteiger partial charge in [0.15, 0.2) is 4.21 Å². The molecule has 1 saturated heterocycles. The molecule has 1 aromatic rings. The summed E-state index contributed by atoms with van der Waals surface area (Å²) in [6.07, 6.45) is 1.99. The minimum Gasteiger partial charge on any atom is -0.317 e. The summed E-state index contributed by atoms with van der Waals surface area (Å²) < 4.78 is 27.7. The molecule has 7 heteroatoms. The second-order valence-electron chi connectivity index (χ2n) is 5.49. The molecule has 0 bridgehead atoms. The number of thiazole rings is 1. The Balaban J connectivity index is 2.07. The molecular formula is C12H21N3O2S2. The molecule has 0 unspecified atom stereocenters. The summed E-state index contributed by atoms with van der Waals surface area (Å²) in [4.78, 5) is 4.18. The first-order valence-electron chi connectivity index (χ1n) is 6.47. The lowest BCUT2D eigenvalue weighted by molar-refractivity contribution is 0.232. The highest BCUT2D eigenvalue weighted by atomic mass is 32.2. The summed E-state index contributed by atoms with van der Waals surface area (Å²) in [7, 11) is -3.42. The average Bonchev–Trinajstić information content (AvgIpc) is 2.68. The zero-order valence-electron chi connectivity index (χ0n) is 11.6. The van der Waals surface area contributed by atoms with E-state index in [-0.39, 0.29) is 5.41 Å². The van der Waals surface area contributed by atoms with Gasteiger partial charge in [0, 0.05) is 6.54 Å². The molecule has 0 amide bonds. The number of rotatable bonds is 4. The first-order valence-corrected chi connectivity index (χ1v) is 8.77. The third-order valence-corrected chi connectivity index (χ3v) is 6.69. The molecule has 0 aliphatic carbocycles. The van der Waals surface area contributed by atoms with Crippen LogP contribution in [0.4, 0.5) is 0 Å². The number of aryl methyl sites for hydroxylation is 2. The largest absolute Gasteiger partial charge is 0.317 e. The summed E-state index contributed by atoms with van der Waals surface area (Å²) in [5, 5.41) is 4.08. The molecule has 2 rings (SSSR count). The van der Waals surface area contributed by atoms with E-state index in [9.17, 15) is 8.42 Å². The quantitative estimate of drug-likeness (QED) is 0.882. The van der Waals surface area contributed by atoms with Crippen LogP contribution in [0.3, 0.4) is 0 Å². The van der Waals surface area contributed by atoms with Gasteiger partial charge in [-0.2, -0.15) is 0 Å². The fraction of sp³-hybridized carbons (Fsp3) is 0.750. The number of sulfonamides is 1. The van der Waals surface area contributed by atoms with Gasteiger partial charge >= 0.3 is 0 Å². The van der Waals surface area contributed by atoms with Crippen molar-refractivity contribution in [3.8, 4) is 0 Å². The maximum Gasteiger partial charge on any atom is 0.251 e. The number of nitrogens with zero attached hydrogens (tertiary/aromatic N) is 1. The van der Waals surface area contributed by atoms with Crippen LogP contribution in [0, 0.1) is 19.3 Å². The molecule has 0 aromatic carbocycles. The van der Waals surface area contributed by atoms with Crippen molar-refractivity contribution >= 4 is 21.4 Å². The van der Waals surface area contributed by atoms with Gasteiger partial charge in [0.2, 0.25) is 0 Å². The monoisotopic (exact) mass is 303 g/mol. The number of nitrogens with one attached hydrogen (secondary N) is 2. The van der Waals surface area contributed by atoms with Crippen LogP contribution in [0.1, 0.15) is 30.5 Å². The van der Waals surface area contributed by atoms with Crippen molar-refractivity contribution in [1.82, 2.24) is 15.0 Å². The lowest BCUT2D eigenvalue weighted by atomic mass is 9.81. The Kier molecular flexibility index (Phi) is 4.29. The SMILES string of the molecule is Cc1nc(C)c(S(=O)(=O)NCC2(C)CCNCC2)s1. The number of piperidine rings is 1. The molecule has 0 saturated carbocycles. The van der Waals surface area contributed by atoms with Crippen LogP contribution >= 0.6 is 11.3 Å². The van der Waals surface area contributed by atoms with Crippen LogP contribution in [0.15, 0.2) is 4.21 Å². The summed E-state index contributed by atoms with van der Waals surface area (Å²) >= 11 is 1.23. The van der Waals surface area contributed by atoms with Crippen LogP contribution in [0.2, 0.25) is 0 Å². The van der Waals surface area contributed by atoms with E-state index in [0.29, 0.717) is 16.4 Å². The Labute approximate surface area is 118 Å². The van der Waals surface area contributed by atoms with Crippen molar-refractivity contribution in [1.29, 1.82) is 0 Å². The number of hydrogen-bond acceptors (Lipinski definition) is 5. The van der Waals surface area contributed by atoms with Gasteiger partial charge in [-0.05, 0) is 45.2 Å². The Bertz CT molecular complexity index is 545. The van der Waals surface area contributed by atoms with Crippen LogP contribution in [-0.2, 0) is 10.0 Å². The van der Waals surface area contributed by atoms with Crippen LogP contribution in [0.5, 0.6) is 0 Å². The second-order valence-corrected chi connectivity index (χ2v) is 8.66. The summed E-state index contributed by atoms with van der Waals surface area (Å²) in [5.74, 6) is 0. The van der Waals surface area contributed by atoms with E-state index in [1.807, 2.05) is 6.92 Å². The minimum atomic E-state index is -3.42. The second kappa shape index (κ2) is 5.47. The molecule has 1 fully saturated rings. The molecular weight excluding hydrogens is 282 g/mol. The fourth-order valence-electron chi connectivity index (χ4n) is 2.30. The van der Waals surface area contributed by atoms with Crippen LogP contribution in [-0.4, -0.2) is 33.0 Å². The number of hydrogen-bond donors (Lipinski definition) is 2. The topological polar surface area (TPSA) is 71.1 Å². The van der Waals surface area contributed by atoms with Gasteiger partial charge in [-0.25, -0.2) is 18.1 Å². The predicted octanol–water partition coefficient (Wildman–Crippen LogP) is 1.43. The first-order chi connectivity index (χ1) is 8.82. The standard InChI is InChI=1S/C12H21N3O2S2/c1-9-11(18-10(2)15-9)19(16,17)14-8-12(3)4-6-13-7-5-12/h13-14H,4-8H2,1-3H3. The van der Waals surface area contributed by atoms with Crippen molar-refractivity contribution in [3.63, 3.8) is 0 Å². The predicted molar refractivity (Wildman–Crippen MR) is 77.0 cm³/mol. The van der Waals surface area contributed by atoms with Gasteiger partial charge in [-0.3, -0.25) is 0 Å². The van der Waals surface area contributed by atoms with Crippen molar-refractivity contribution in [3.05, 3.63) is 10.7 Å². The molecule has 0 spiro atoms. The third-order valence-electron chi connectivity index (χ3n) is 3.60. The summed E-state index contributed by atoms with van der Waals surface area (Å²) in [6, 6.07) is 0. The van der Waals surface area contributed by atoms with Gasteiger partial charge in [0.05, 0.1) is 10.7 Å². The molecule has 0 atom stereocenters. The van der Waals surface area contributed by atoms with Crippen molar-refractivity contribution in [2.75, 3.05) is 19.6 Å². The maximum atomic E-state index is 12.3. The zero-order valence-corrected chi connectivity index (χ0v) is 13.2. The summed E-state index contributed by atoms with van der Waals surface area (Å²) in [5.41, 5.74) is 0.636. The molecule has 0 radical (unpaired) electrons. The van der Waals surface area contributed by atoms with Gasteiger partial charge in [0.1, 0.15) is 0 Å². The molecule has 1 aromatic heterocycles. The fourth-order valence-corrected chi connectivity index (χ4v) is 5.03. The van der Waals surface area contributed by atoms with E-state index in [2.05, 4.69) is 21.9 Å². The van der Waals surface area contributed by atoms with Gasteiger partial charge in [-0.1, -0.05) is 6.92 Å². The molecule has 1 aliphatic rings. The third kappa shape index (κ3) is 3.53. The zero-order chi connectivity index (χ0) is 14.1. The first kappa shape index (κ1) is 14.9. The smallest absolute Gasteiger partial charge is 0.251 e. The Morgan fingerprint density at radius 3 is 2.53 bits per heavy atom. The van der Waals surface area contributed by atoms with E-state index >= 15 is 0 Å². The van der Waals surface area contributed by atoms with Crippen LogP contribution < -0.4 is 10.0 Å². The van der Waals surface area contributed by atoms with E-state index in [1.54, 1.807) is 6.92 Å². The Morgan fingerprint density at radius 2 is 2.00 bits per heavy atom. The lowest BCUT2D eigenvalue weighted by Crippen LogP contribution is -2.42. The van der Waals surface area contributed by atoms with E-state index in [4.69, 9.17) is 0 Å². The highest BCUT2D eigenvalue weighted by molar-refractivity contribution is 7.91. The van der Waals surface area contributed by atoms with E-state index < -0.39 is 10.0 Å². The molecule has 2 heterocycles. The van der Waals surface area contributed by atoms with E-state index in [0.717, 1.165) is 30.9 Å². The van der Waals surface area contributed by atoms with E-state index in [1.165, 1.54) is 11.3 Å². The highest BCUT2D eigenvalue weighted by Gasteiger charge is 2.29. The molecule has 1 aliphatic heterocycles.